The van der Waals surface area contributed by atoms with Gasteiger partial charge in [0, 0.05) is 19.1 Å². The van der Waals surface area contributed by atoms with Crippen LogP contribution in [0.15, 0.2) is 0 Å². The second-order valence-electron chi connectivity index (χ2n) is 4.94. The molecule has 0 aromatic carbocycles. The van der Waals surface area contributed by atoms with Crippen LogP contribution in [0.3, 0.4) is 0 Å². The van der Waals surface area contributed by atoms with Crippen LogP contribution >= 0.6 is 0 Å². The summed E-state index contributed by atoms with van der Waals surface area (Å²) in [4.78, 5) is 2.65. The van der Waals surface area contributed by atoms with Crippen molar-refractivity contribution in [1.82, 2.24) is 10.2 Å². The van der Waals surface area contributed by atoms with Gasteiger partial charge in [-0.1, -0.05) is 6.92 Å². The van der Waals surface area contributed by atoms with E-state index in [1.807, 2.05) is 0 Å². The Bertz CT molecular complexity index is 169. The predicted molar refractivity (Wildman–Crippen MR) is 55.8 cm³/mol. The Morgan fingerprint density at radius 3 is 2.69 bits per heavy atom. The van der Waals surface area contributed by atoms with Gasteiger partial charge in [-0.05, 0) is 44.7 Å². The first-order valence-corrected chi connectivity index (χ1v) is 5.71. The Labute approximate surface area is 81.7 Å². The normalized spacial score (nSPS) is 41.5. The molecule has 3 unspecified atom stereocenters. The maximum Gasteiger partial charge on any atom is 0.00796 e. The third-order valence-electron chi connectivity index (χ3n) is 3.69. The molecule has 0 saturated carbocycles. The molecule has 13 heavy (non-hydrogen) atoms. The Kier molecular flexibility index (Phi) is 2.89. The fourth-order valence-electron chi connectivity index (χ4n) is 2.69. The fourth-order valence-corrected chi connectivity index (χ4v) is 2.69. The molecule has 2 heterocycles. The average Bonchev–Trinajstić information content (AvgIpc) is 2.64. The van der Waals surface area contributed by atoms with Gasteiger partial charge in [-0.3, -0.25) is 0 Å². The summed E-state index contributed by atoms with van der Waals surface area (Å²) in [7, 11) is 0. The van der Waals surface area contributed by atoms with Gasteiger partial charge in [0.25, 0.3) is 0 Å². The van der Waals surface area contributed by atoms with Crippen LogP contribution < -0.4 is 5.32 Å². The first kappa shape index (κ1) is 9.47. The van der Waals surface area contributed by atoms with Crippen LogP contribution in [-0.2, 0) is 0 Å². The SMILES string of the molecule is CC1CCN(CC2CCNC2C)C1. The summed E-state index contributed by atoms with van der Waals surface area (Å²) in [6, 6.07) is 0.746. The van der Waals surface area contributed by atoms with E-state index in [1.54, 1.807) is 0 Å². The number of rotatable bonds is 2. The van der Waals surface area contributed by atoms with Crippen LogP contribution in [0.4, 0.5) is 0 Å². The Balaban J connectivity index is 1.77. The van der Waals surface area contributed by atoms with Crippen LogP contribution in [0, 0.1) is 11.8 Å². The highest BCUT2D eigenvalue weighted by Gasteiger charge is 2.27. The zero-order valence-electron chi connectivity index (χ0n) is 8.92. The highest BCUT2D eigenvalue weighted by Crippen LogP contribution is 2.21. The smallest absolute Gasteiger partial charge is 0.00796 e. The maximum absolute atomic E-state index is 3.53. The van der Waals surface area contributed by atoms with E-state index in [-0.39, 0.29) is 0 Å². The van der Waals surface area contributed by atoms with Crippen molar-refractivity contribution in [2.45, 2.75) is 32.7 Å². The summed E-state index contributed by atoms with van der Waals surface area (Å²) >= 11 is 0. The summed E-state index contributed by atoms with van der Waals surface area (Å²) in [6.45, 7) is 9.94. The molecule has 0 aliphatic carbocycles. The molecule has 2 nitrogen and oxygen atoms in total. The monoisotopic (exact) mass is 182 g/mol. The average molecular weight is 182 g/mol. The van der Waals surface area contributed by atoms with Crippen molar-refractivity contribution in [3.05, 3.63) is 0 Å². The summed E-state index contributed by atoms with van der Waals surface area (Å²) in [6.07, 6.45) is 2.79. The summed E-state index contributed by atoms with van der Waals surface area (Å²) < 4.78 is 0. The molecule has 0 radical (unpaired) electrons. The van der Waals surface area contributed by atoms with E-state index in [2.05, 4.69) is 24.1 Å². The highest BCUT2D eigenvalue weighted by atomic mass is 15.2. The summed E-state index contributed by atoms with van der Waals surface area (Å²) in [5, 5.41) is 3.53. The molecule has 2 saturated heterocycles. The molecule has 1 N–H and O–H groups in total. The summed E-state index contributed by atoms with van der Waals surface area (Å²) in [5.41, 5.74) is 0. The summed E-state index contributed by atoms with van der Waals surface area (Å²) in [5.74, 6) is 1.84. The molecule has 3 atom stereocenters. The number of nitrogens with one attached hydrogen (secondary N) is 1. The van der Waals surface area contributed by atoms with E-state index in [9.17, 15) is 0 Å². The zero-order chi connectivity index (χ0) is 9.26. The van der Waals surface area contributed by atoms with Gasteiger partial charge in [-0.25, -0.2) is 0 Å². The van der Waals surface area contributed by atoms with Gasteiger partial charge in [-0.2, -0.15) is 0 Å². The molecular weight excluding hydrogens is 160 g/mol. The third-order valence-corrected chi connectivity index (χ3v) is 3.69. The van der Waals surface area contributed by atoms with E-state index in [4.69, 9.17) is 0 Å². The van der Waals surface area contributed by atoms with Gasteiger partial charge in [0.15, 0.2) is 0 Å². The molecule has 0 amide bonds. The Morgan fingerprint density at radius 1 is 1.31 bits per heavy atom. The molecule has 2 aliphatic heterocycles. The standard InChI is InChI=1S/C11H22N2/c1-9-4-6-13(7-9)8-11-3-5-12-10(11)2/h9-12H,3-8H2,1-2H3. The molecule has 0 aromatic heterocycles. The molecule has 76 valence electrons. The lowest BCUT2D eigenvalue weighted by Crippen LogP contribution is -2.33. The number of hydrogen-bond donors (Lipinski definition) is 1. The Hall–Kier alpha value is -0.0800. The molecule has 0 spiro atoms. The van der Waals surface area contributed by atoms with E-state index in [1.165, 1.54) is 39.0 Å². The van der Waals surface area contributed by atoms with Crippen molar-refractivity contribution < 1.29 is 0 Å². The second kappa shape index (κ2) is 3.97. The van der Waals surface area contributed by atoms with Gasteiger partial charge < -0.3 is 10.2 Å². The Morgan fingerprint density at radius 2 is 2.15 bits per heavy atom. The molecule has 2 aliphatic rings. The van der Waals surface area contributed by atoms with Crippen LogP contribution in [0.2, 0.25) is 0 Å². The molecule has 2 heteroatoms. The van der Waals surface area contributed by atoms with Gasteiger partial charge >= 0.3 is 0 Å². The van der Waals surface area contributed by atoms with E-state index < -0.39 is 0 Å². The van der Waals surface area contributed by atoms with Crippen molar-refractivity contribution >= 4 is 0 Å². The van der Waals surface area contributed by atoms with Gasteiger partial charge in [-0.15, -0.1) is 0 Å². The van der Waals surface area contributed by atoms with Crippen LogP contribution in [0.25, 0.3) is 0 Å². The lowest BCUT2D eigenvalue weighted by molar-refractivity contribution is 0.261. The van der Waals surface area contributed by atoms with Crippen molar-refractivity contribution in [2.75, 3.05) is 26.2 Å². The van der Waals surface area contributed by atoms with Crippen LogP contribution in [0.1, 0.15) is 26.7 Å². The topological polar surface area (TPSA) is 15.3 Å². The van der Waals surface area contributed by atoms with Crippen molar-refractivity contribution in [3.63, 3.8) is 0 Å². The number of likely N-dealkylation sites (tertiary alicyclic amines) is 1. The molecular formula is C11H22N2. The zero-order valence-corrected chi connectivity index (χ0v) is 8.92. The van der Waals surface area contributed by atoms with Crippen LogP contribution in [-0.4, -0.2) is 37.1 Å². The minimum atomic E-state index is 0.746. The predicted octanol–water partition coefficient (Wildman–Crippen LogP) is 1.33. The second-order valence-corrected chi connectivity index (χ2v) is 4.94. The highest BCUT2D eigenvalue weighted by molar-refractivity contribution is 4.84. The number of nitrogens with zero attached hydrogens (tertiary/aromatic N) is 1. The van der Waals surface area contributed by atoms with Crippen molar-refractivity contribution in [1.29, 1.82) is 0 Å². The first-order chi connectivity index (χ1) is 6.25. The molecule has 2 fully saturated rings. The van der Waals surface area contributed by atoms with E-state index in [0.29, 0.717) is 0 Å². The van der Waals surface area contributed by atoms with E-state index in [0.717, 1.165) is 17.9 Å². The first-order valence-electron chi connectivity index (χ1n) is 5.71. The molecule has 0 bridgehead atoms. The largest absolute Gasteiger partial charge is 0.314 e. The molecule has 0 aromatic rings. The van der Waals surface area contributed by atoms with Gasteiger partial charge in [0.05, 0.1) is 0 Å². The fraction of sp³-hybridized carbons (Fsp3) is 1.00. The minimum Gasteiger partial charge on any atom is -0.314 e. The van der Waals surface area contributed by atoms with Gasteiger partial charge in [0.1, 0.15) is 0 Å². The van der Waals surface area contributed by atoms with E-state index >= 15 is 0 Å². The molecule has 2 rings (SSSR count). The minimum absolute atomic E-state index is 0.746. The lowest BCUT2D eigenvalue weighted by Gasteiger charge is -2.22. The van der Waals surface area contributed by atoms with Crippen molar-refractivity contribution in [3.8, 4) is 0 Å². The third kappa shape index (κ3) is 2.23. The lowest BCUT2D eigenvalue weighted by atomic mass is 10.0. The maximum atomic E-state index is 3.53. The van der Waals surface area contributed by atoms with Gasteiger partial charge in [0.2, 0.25) is 0 Å². The number of hydrogen-bond acceptors (Lipinski definition) is 2. The van der Waals surface area contributed by atoms with Crippen molar-refractivity contribution in [2.24, 2.45) is 11.8 Å². The quantitative estimate of drug-likeness (QED) is 0.693. The van der Waals surface area contributed by atoms with Crippen LogP contribution in [0.5, 0.6) is 0 Å².